The molecule has 2 atom stereocenters. The average molecular weight is 222 g/mol. The molecule has 4 nitrogen and oxygen atoms in total. The Labute approximate surface area is 95.8 Å². The predicted molar refractivity (Wildman–Crippen MR) is 64.4 cm³/mol. The van der Waals surface area contributed by atoms with Gasteiger partial charge in [-0.2, -0.15) is 0 Å². The zero-order valence-corrected chi connectivity index (χ0v) is 9.41. The van der Waals surface area contributed by atoms with E-state index in [2.05, 4.69) is 9.73 Å². The van der Waals surface area contributed by atoms with Gasteiger partial charge in [-0.05, 0) is 12.5 Å². The normalized spacial score (nSPS) is 16.9. The minimum absolute atomic E-state index is 0.211. The van der Waals surface area contributed by atoms with Gasteiger partial charge in [0.15, 0.2) is 6.40 Å². The molecule has 2 rings (SSSR count). The number of hydrogen-bond acceptors (Lipinski definition) is 4. The van der Waals surface area contributed by atoms with Crippen LogP contribution in [0.2, 0.25) is 0 Å². The van der Waals surface area contributed by atoms with Crippen molar-refractivity contribution >= 4 is 6.40 Å². The summed E-state index contributed by atoms with van der Waals surface area (Å²) in [6.45, 7) is 3.41. The summed E-state index contributed by atoms with van der Waals surface area (Å²) in [7, 11) is 0. The number of aliphatic hydroxyl groups excluding tert-OH is 1. The van der Waals surface area contributed by atoms with Crippen LogP contribution in [0.4, 0.5) is 0 Å². The molecule has 0 radical (unpaired) electrons. The number of aliphatic imine (C=N–C) groups is 1. The molecule has 4 heteroatoms. The fraction of sp³-hybridized carbons (Fsp3) is 0.417. The van der Waals surface area contributed by atoms with Gasteiger partial charge in [-0.1, -0.05) is 30.3 Å². The van der Waals surface area contributed by atoms with Gasteiger partial charge in [-0.15, -0.1) is 0 Å². The number of hydrogen-bond donors (Lipinski definition) is 2. The zero-order valence-electron chi connectivity index (χ0n) is 9.41. The van der Waals surface area contributed by atoms with Crippen LogP contribution in [0.15, 0.2) is 35.3 Å². The van der Waals surface area contributed by atoms with E-state index in [9.17, 15) is 5.11 Å². The quantitative estimate of drug-likeness (QED) is 0.787. The summed E-state index contributed by atoms with van der Waals surface area (Å²) in [5.74, 6) is 0. The zero-order chi connectivity index (χ0) is 11.8. The van der Waals surface area contributed by atoms with Crippen molar-refractivity contribution in [3.63, 3.8) is 0 Å². The predicted octanol–water partition coefficient (Wildman–Crippen LogP) is 1.11. The minimum Gasteiger partial charge on any atom is -0.482 e. The van der Waals surface area contributed by atoms with Crippen molar-refractivity contribution in [1.29, 1.82) is 0 Å². The first-order chi connectivity index (χ1) is 7.72. The van der Waals surface area contributed by atoms with Gasteiger partial charge < -0.3 is 15.6 Å². The number of benzene rings is 1. The van der Waals surface area contributed by atoms with Crippen molar-refractivity contribution in [2.45, 2.75) is 19.1 Å². The van der Waals surface area contributed by atoms with Crippen LogP contribution in [-0.4, -0.2) is 30.7 Å². The monoisotopic (exact) mass is 222 g/mol. The van der Waals surface area contributed by atoms with Gasteiger partial charge in [0.05, 0.1) is 12.6 Å². The second kappa shape index (κ2) is 6.98. The van der Waals surface area contributed by atoms with E-state index in [1.807, 2.05) is 30.3 Å². The fourth-order valence-electron chi connectivity index (χ4n) is 1.22. The van der Waals surface area contributed by atoms with Crippen LogP contribution in [0, 0.1) is 0 Å². The third-order valence-corrected chi connectivity index (χ3v) is 2.13. The van der Waals surface area contributed by atoms with Crippen LogP contribution >= 0.6 is 0 Å². The number of aliphatic hydroxyl groups is 1. The molecule has 0 saturated heterocycles. The molecule has 3 N–H and O–H groups in total. The standard InChI is InChI=1S/C9H13NO.C3H5NO/c1-7(10)9(11)8-5-3-2-4-6-8;1-2-5-3-4-1/h2-7,9,11H,10H2,1H3;3H,1-2H2/t7-,9-;/m1./s1. The first kappa shape index (κ1) is 12.7. The van der Waals surface area contributed by atoms with Gasteiger partial charge in [0, 0.05) is 6.04 Å². The highest BCUT2D eigenvalue weighted by molar-refractivity contribution is 5.47. The first-order valence-electron chi connectivity index (χ1n) is 5.30. The molecule has 1 aliphatic heterocycles. The van der Waals surface area contributed by atoms with E-state index in [1.165, 1.54) is 6.40 Å². The second-order valence-electron chi connectivity index (χ2n) is 3.60. The van der Waals surface area contributed by atoms with E-state index in [-0.39, 0.29) is 6.04 Å². The molecule has 0 amide bonds. The molecule has 0 aliphatic carbocycles. The van der Waals surface area contributed by atoms with Gasteiger partial charge in [-0.3, -0.25) is 4.99 Å². The Hall–Kier alpha value is -1.39. The highest BCUT2D eigenvalue weighted by Gasteiger charge is 2.10. The molecule has 16 heavy (non-hydrogen) atoms. The van der Waals surface area contributed by atoms with E-state index < -0.39 is 6.10 Å². The highest BCUT2D eigenvalue weighted by atomic mass is 16.5. The van der Waals surface area contributed by atoms with Crippen LogP contribution in [-0.2, 0) is 4.74 Å². The van der Waals surface area contributed by atoms with E-state index >= 15 is 0 Å². The molecule has 0 bridgehead atoms. The molecule has 1 heterocycles. The first-order valence-corrected chi connectivity index (χ1v) is 5.30. The van der Waals surface area contributed by atoms with Crippen LogP contribution in [0.1, 0.15) is 18.6 Å². The molecule has 0 fully saturated rings. The van der Waals surface area contributed by atoms with Crippen LogP contribution in [0.3, 0.4) is 0 Å². The van der Waals surface area contributed by atoms with Gasteiger partial charge in [0.1, 0.15) is 6.61 Å². The molecule has 0 unspecified atom stereocenters. The summed E-state index contributed by atoms with van der Waals surface area (Å²) in [6, 6.07) is 9.22. The topological polar surface area (TPSA) is 67.8 Å². The third-order valence-electron chi connectivity index (χ3n) is 2.13. The summed E-state index contributed by atoms with van der Waals surface area (Å²) >= 11 is 0. The number of rotatable bonds is 2. The van der Waals surface area contributed by atoms with Crippen LogP contribution < -0.4 is 5.73 Å². The molecule has 1 aromatic carbocycles. The van der Waals surface area contributed by atoms with Crippen molar-refractivity contribution in [1.82, 2.24) is 0 Å². The lowest BCUT2D eigenvalue weighted by atomic mass is 10.0. The fourth-order valence-corrected chi connectivity index (χ4v) is 1.22. The molecular formula is C12H18N2O2. The SMILES string of the molecule is C1=NCCO1.C[C@@H](N)[C@@H](O)c1ccccc1. The lowest BCUT2D eigenvalue weighted by molar-refractivity contribution is 0.153. The van der Waals surface area contributed by atoms with Crippen molar-refractivity contribution in [3.8, 4) is 0 Å². The lowest BCUT2D eigenvalue weighted by Gasteiger charge is -2.13. The number of nitrogens with two attached hydrogens (primary N) is 1. The Morgan fingerprint density at radius 1 is 1.38 bits per heavy atom. The molecular weight excluding hydrogens is 204 g/mol. The smallest absolute Gasteiger partial charge is 0.169 e. The Kier molecular flexibility index (Phi) is 5.53. The van der Waals surface area contributed by atoms with Crippen molar-refractivity contribution in [2.75, 3.05) is 13.2 Å². The summed E-state index contributed by atoms with van der Waals surface area (Å²) < 4.78 is 4.65. The van der Waals surface area contributed by atoms with E-state index in [0.717, 1.165) is 18.7 Å². The van der Waals surface area contributed by atoms with Crippen molar-refractivity contribution in [3.05, 3.63) is 35.9 Å². The highest BCUT2D eigenvalue weighted by Crippen LogP contribution is 2.13. The van der Waals surface area contributed by atoms with E-state index in [4.69, 9.17) is 5.73 Å². The molecule has 1 aromatic rings. The molecule has 0 spiro atoms. The van der Waals surface area contributed by atoms with Gasteiger partial charge in [0.25, 0.3) is 0 Å². The van der Waals surface area contributed by atoms with Crippen molar-refractivity contribution in [2.24, 2.45) is 10.7 Å². The van der Waals surface area contributed by atoms with Crippen LogP contribution in [0.25, 0.3) is 0 Å². The Morgan fingerprint density at radius 3 is 2.44 bits per heavy atom. The van der Waals surface area contributed by atoms with Gasteiger partial charge in [-0.25, -0.2) is 0 Å². The van der Waals surface area contributed by atoms with E-state index in [1.54, 1.807) is 6.92 Å². The maximum Gasteiger partial charge on any atom is 0.169 e. The molecule has 1 aliphatic rings. The van der Waals surface area contributed by atoms with Gasteiger partial charge >= 0.3 is 0 Å². The number of ether oxygens (including phenoxy) is 1. The van der Waals surface area contributed by atoms with Crippen molar-refractivity contribution < 1.29 is 9.84 Å². The Morgan fingerprint density at radius 2 is 2.06 bits per heavy atom. The largest absolute Gasteiger partial charge is 0.482 e. The molecule has 0 saturated carbocycles. The summed E-state index contributed by atoms with van der Waals surface area (Å²) in [5, 5.41) is 9.47. The second-order valence-corrected chi connectivity index (χ2v) is 3.60. The van der Waals surface area contributed by atoms with Gasteiger partial charge in [0.2, 0.25) is 0 Å². The Bertz CT molecular complexity index is 306. The maximum absolute atomic E-state index is 9.47. The average Bonchev–Trinajstić information content (AvgIpc) is 2.88. The van der Waals surface area contributed by atoms with E-state index in [0.29, 0.717) is 0 Å². The summed E-state index contributed by atoms with van der Waals surface area (Å²) in [6.07, 6.45) is 0.941. The Balaban J connectivity index is 0.000000212. The number of nitrogens with zero attached hydrogens (tertiary/aromatic N) is 1. The molecule has 88 valence electrons. The maximum atomic E-state index is 9.47. The molecule has 0 aromatic heterocycles. The summed E-state index contributed by atoms with van der Waals surface area (Å²) in [5.41, 5.74) is 6.40. The minimum atomic E-state index is -0.545. The lowest BCUT2D eigenvalue weighted by Crippen LogP contribution is -2.24. The van der Waals surface area contributed by atoms with Crippen LogP contribution in [0.5, 0.6) is 0 Å². The third kappa shape index (κ3) is 4.42. The summed E-state index contributed by atoms with van der Waals surface area (Å²) in [4.78, 5) is 3.74.